The fraction of sp³-hybridized carbons (Fsp3) is 0.421. The van der Waals surface area contributed by atoms with Crippen molar-refractivity contribution in [3.05, 3.63) is 60.0 Å². The fourth-order valence-corrected chi connectivity index (χ4v) is 3.61. The van der Waals surface area contributed by atoms with Gasteiger partial charge in [-0.25, -0.2) is 4.98 Å². The molecule has 27 heavy (non-hydrogen) atoms. The Bertz CT molecular complexity index is 923. The standard InChI is InChI=1S/C19H23N7O/c1-14-21-9-12-26(14)13-17-22-23-18(24(17)2)15-5-10-25(11-6-15)19(27)16-3-7-20-8-4-16/h3-4,7-9,12,15H,5-6,10-11,13H2,1-2H3. The molecule has 0 bridgehead atoms. The summed E-state index contributed by atoms with van der Waals surface area (Å²) < 4.78 is 4.15. The van der Waals surface area contributed by atoms with Gasteiger partial charge in [-0.05, 0) is 31.9 Å². The first-order valence-electron chi connectivity index (χ1n) is 9.18. The summed E-state index contributed by atoms with van der Waals surface area (Å²) in [5.41, 5.74) is 0.695. The van der Waals surface area contributed by atoms with E-state index < -0.39 is 0 Å². The molecule has 0 unspecified atom stereocenters. The smallest absolute Gasteiger partial charge is 0.253 e. The van der Waals surface area contributed by atoms with Crippen molar-refractivity contribution < 1.29 is 4.79 Å². The minimum Gasteiger partial charge on any atom is -0.339 e. The third-order valence-corrected chi connectivity index (χ3v) is 5.31. The first-order valence-corrected chi connectivity index (χ1v) is 9.18. The maximum Gasteiger partial charge on any atom is 0.253 e. The molecule has 1 amide bonds. The third kappa shape index (κ3) is 3.47. The van der Waals surface area contributed by atoms with Crippen LogP contribution in [0.4, 0.5) is 0 Å². The van der Waals surface area contributed by atoms with Gasteiger partial charge in [0, 0.05) is 56.4 Å². The largest absolute Gasteiger partial charge is 0.339 e. The van der Waals surface area contributed by atoms with Crippen molar-refractivity contribution in [2.45, 2.75) is 32.2 Å². The quantitative estimate of drug-likeness (QED) is 0.704. The van der Waals surface area contributed by atoms with Crippen molar-refractivity contribution >= 4 is 5.91 Å². The molecule has 0 atom stereocenters. The minimum absolute atomic E-state index is 0.0742. The predicted octanol–water partition coefficient (Wildman–Crippen LogP) is 1.78. The Hall–Kier alpha value is -3.03. The highest BCUT2D eigenvalue weighted by Crippen LogP contribution is 2.27. The number of amides is 1. The molecule has 0 N–H and O–H groups in total. The molecule has 1 aliphatic heterocycles. The molecule has 1 saturated heterocycles. The van der Waals surface area contributed by atoms with Crippen LogP contribution < -0.4 is 0 Å². The number of aryl methyl sites for hydroxylation is 1. The van der Waals surface area contributed by atoms with Crippen LogP contribution in [-0.2, 0) is 13.6 Å². The first kappa shape index (κ1) is 17.4. The lowest BCUT2D eigenvalue weighted by atomic mass is 9.95. The van der Waals surface area contributed by atoms with E-state index in [2.05, 4.69) is 29.3 Å². The van der Waals surface area contributed by atoms with Crippen LogP contribution in [0.25, 0.3) is 0 Å². The van der Waals surface area contributed by atoms with E-state index in [4.69, 9.17) is 0 Å². The molecular weight excluding hydrogens is 342 g/mol. The summed E-state index contributed by atoms with van der Waals surface area (Å²) in [7, 11) is 2.02. The number of aromatic nitrogens is 6. The lowest BCUT2D eigenvalue weighted by Crippen LogP contribution is -2.38. The van der Waals surface area contributed by atoms with Crippen LogP contribution in [-0.4, -0.2) is 53.2 Å². The summed E-state index contributed by atoms with van der Waals surface area (Å²) in [6.45, 7) is 4.10. The van der Waals surface area contributed by atoms with Gasteiger partial charge < -0.3 is 14.0 Å². The Morgan fingerprint density at radius 3 is 2.56 bits per heavy atom. The maximum atomic E-state index is 12.6. The van der Waals surface area contributed by atoms with Gasteiger partial charge >= 0.3 is 0 Å². The van der Waals surface area contributed by atoms with Crippen molar-refractivity contribution in [3.63, 3.8) is 0 Å². The highest BCUT2D eigenvalue weighted by Gasteiger charge is 2.27. The molecule has 0 saturated carbocycles. The number of pyridine rings is 1. The number of carbonyl (C=O) groups excluding carboxylic acids is 1. The SMILES string of the molecule is Cc1nccn1Cc1nnc(C2CCN(C(=O)c3ccncc3)CC2)n1C. The molecule has 0 spiro atoms. The summed E-state index contributed by atoms with van der Waals surface area (Å²) in [5.74, 6) is 3.27. The summed E-state index contributed by atoms with van der Waals surface area (Å²) in [6, 6.07) is 3.53. The summed E-state index contributed by atoms with van der Waals surface area (Å²) in [5, 5.41) is 8.83. The zero-order chi connectivity index (χ0) is 18.8. The van der Waals surface area contributed by atoms with Crippen LogP contribution in [0.15, 0.2) is 36.9 Å². The molecule has 8 heteroatoms. The monoisotopic (exact) mass is 365 g/mol. The second-order valence-electron chi connectivity index (χ2n) is 6.94. The minimum atomic E-state index is 0.0742. The van der Waals surface area contributed by atoms with Gasteiger partial charge in [0.05, 0.1) is 6.54 Å². The Kier molecular flexibility index (Phi) is 4.70. The average molecular weight is 365 g/mol. The van der Waals surface area contributed by atoms with Gasteiger partial charge in [-0.15, -0.1) is 10.2 Å². The Balaban J connectivity index is 1.41. The average Bonchev–Trinajstić information content (AvgIpc) is 3.28. The molecule has 3 aromatic heterocycles. The summed E-state index contributed by atoms with van der Waals surface area (Å²) in [6.07, 6.45) is 8.85. The van der Waals surface area contributed by atoms with Crippen molar-refractivity contribution in [2.24, 2.45) is 7.05 Å². The Morgan fingerprint density at radius 2 is 1.89 bits per heavy atom. The van der Waals surface area contributed by atoms with Crippen LogP contribution in [0.1, 0.15) is 46.6 Å². The highest BCUT2D eigenvalue weighted by molar-refractivity contribution is 5.94. The molecule has 4 rings (SSSR count). The highest BCUT2D eigenvalue weighted by atomic mass is 16.2. The van der Waals surface area contributed by atoms with Crippen molar-refractivity contribution in [3.8, 4) is 0 Å². The second-order valence-corrected chi connectivity index (χ2v) is 6.94. The van der Waals surface area contributed by atoms with E-state index >= 15 is 0 Å². The lowest BCUT2D eigenvalue weighted by Gasteiger charge is -2.31. The van der Waals surface area contributed by atoms with E-state index in [-0.39, 0.29) is 5.91 Å². The van der Waals surface area contributed by atoms with Crippen LogP contribution in [0.3, 0.4) is 0 Å². The van der Waals surface area contributed by atoms with E-state index in [0.29, 0.717) is 18.0 Å². The van der Waals surface area contributed by atoms with E-state index in [1.807, 2.05) is 25.1 Å². The number of nitrogens with zero attached hydrogens (tertiary/aromatic N) is 7. The molecule has 0 radical (unpaired) electrons. The van der Waals surface area contributed by atoms with E-state index in [0.717, 1.165) is 43.4 Å². The number of likely N-dealkylation sites (tertiary alicyclic amines) is 1. The normalized spacial score (nSPS) is 15.3. The topological polar surface area (TPSA) is 81.7 Å². The van der Waals surface area contributed by atoms with Gasteiger partial charge in [-0.3, -0.25) is 9.78 Å². The van der Waals surface area contributed by atoms with Gasteiger partial charge in [0.2, 0.25) is 0 Å². The van der Waals surface area contributed by atoms with Crippen LogP contribution >= 0.6 is 0 Å². The zero-order valence-corrected chi connectivity index (χ0v) is 15.6. The number of piperidine rings is 1. The first-order chi connectivity index (χ1) is 13.1. The molecular formula is C19H23N7O. The molecule has 4 heterocycles. The van der Waals surface area contributed by atoms with Gasteiger partial charge in [0.1, 0.15) is 11.6 Å². The molecule has 1 fully saturated rings. The number of hydrogen-bond donors (Lipinski definition) is 0. The third-order valence-electron chi connectivity index (χ3n) is 5.31. The molecule has 8 nitrogen and oxygen atoms in total. The molecule has 3 aromatic rings. The summed E-state index contributed by atoms with van der Waals surface area (Å²) >= 11 is 0. The molecule has 0 aromatic carbocycles. The predicted molar refractivity (Wildman–Crippen MR) is 99.2 cm³/mol. The van der Waals surface area contributed by atoms with Crippen molar-refractivity contribution in [1.82, 2.24) is 34.2 Å². The van der Waals surface area contributed by atoms with E-state index in [1.165, 1.54) is 0 Å². The molecule has 1 aliphatic rings. The van der Waals surface area contributed by atoms with Gasteiger partial charge in [-0.2, -0.15) is 0 Å². The Morgan fingerprint density at radius 1 is 1.15 bits per heavy atom. The van der Waals surface area contributed by atoms with Crippen LogP contribution in [0.5, 0.6) is 0 Å². The van der Waals surface area contributed by atoms with Gasteiger partial charge in [0.25, 0.3) is 5.91 Å². The second kappa shape index (κ2) is 7.30. The van der Waals surface area contributed by atoms with E-state index in [1.54, 1.807) is 30.7 Å². The maximum absolute atomic E-state index is 12.6. The number of imidazole rings is 1. The molecule has 140 valence electrons. The van der Waals surface area contributed by atoms with Crippen molar-refractivity contribution in [1.29, 1.82) is 0 Å². The van der Waals surface area contributed by atoms with Gasteiger partial charge in [-0.1, -0.05) is 0 Å². The zero-order valence-electron chi connectivity index (χ0n) is 15.6. The van der Waals surface area contributed by atoms with Gasteiger partial charge in [0.15, 0.2) is 5.82 Å². The number of carbonyl (C=O) groups is 1. The molecule has 0 aliphatic carbocycles. The number of rotatable bonds is 4. The van der Waals surface area contributed by atoms with Crippen LogP contribution in [0, 0.1) is 6.92 Å². The van der Waals surface area contributed by atoms with Crippen LogP contribution in [0.2, 0.25) is 0 Å². The van der Waals surface area contributed by atoms with E-state index in [9.17, 15) is 4.79 Å². The lowest BCUT2D eigenvalue weighted by molar-refractivity contribution is 0.0710. The van der Waals surface area contributed by atoms with Crippen molar-refractivity contribution in [2.75, 3.05) is 13.1 Å². The fourth-order valence-electron chi connectivity index (χ4n) is 3.61. The Labute approximate surface area is 157 Å². The summed E-state index contributed by atoms with van der Waals surface area (Å²) in [4.78, 5) is 22.7. The number of hydrogen-bond acceptors (Lipinski definition) is 5.